The number of rotatable bonds is 20. The molecule has 0 amide bonds. The molecule has 0 aliphatic rings. The molecule has 0 saturated heterocycles. The summed E-state index contributed by atoms with van der Waals surface area (Å²) in [6.45, 7) is 20.4. The van der Waals surface area contributed by atoms with Crippen LogP contribution in [0.3, 0.4) is 0 Å². The number of aromatic amines is 4. The Hall–Kier alpha value is -8.50. The molecule has 0 radical (unpaired) electrons. The topological polar surface area (TPSA) is 346 Å². The average molecular weight is 1190 g/mol. The molecular formula is C59H68BrN9O13. The summed E-state index contributed by atoms with van der Waals surface area (Å²) in [7, 11) is 0. The lowest BCUT2D eigenvalue weighted by atomic mass is 9.95. The van der Waals surface area contributed by atoms with Gasteiger partial charge in [-0.25, -0.2) is 14.4 Å². The van der Waals surface area contributed by atoms with Crippen molar-refractivity contribution in [3.8, 4) is 18.2 Å². The lowest BCUT2D eigenvalue weighted by molar-refractivity contribution is 0.0437. The fraction of sp³-hybridized carbons (Fsp3) is 0.390. The number of carbonyl (C=O) groups is 3. The van der Waals surface area contributed by atoms with E-state index < -0.39 is 51.1 Å². The molecule has 0 atom stereocenters. The number of hydrogen-bond donors (Lipinski definition) is 5. The second-order valence-corrected chi connectivity index (χ2v) is 19.9. The van der Waals surface area contributed by atoms with Crippen molar-refractivity contribution in [2.75, 3.05) is 31.9 Å². The number of aryl methyl sites for hydroxylation is 3. The minimum Gasteiger partial charge on any atom is -0.394 e. The molecule has 6 rings (SSSR count). The van der Waals surface area contributed by atoms with Crippen LogP contribution in [-0.2, 0) is 27.7 Å². The molecule has 23 heteroatoms. The molecule has 5 N–H and O–H groups in total. The minimum absolute atomic E-state index is 0.00402. The molecule has 0 bridgehead atoms. The van der Waals surface area contributed by atoms with E-state index in [9.17, 15) is 48.4 Å². The van der Waals surface area contributed by atoms with Crippen molar-refractivity contribution in [3.05, 3.63) is 201 Å². The number of nitriles is 3. The third-order valence-corrected chi connectivity index (χ3v) is 12.0. The zero-order valence-corrected chi connectivity index (χ0v) is 49.3. The number of aliphatic hydroxyl groups excluding tert-OH is 1. The van der Waals surface area contributed by atoms with E-state index in [4.69, 9.17) is 29.8 Å². The molecule has 0 aliphatic carbocycles. The number of H-pyrrole nitrogens is 4. The molecule has 6 aromatic rings. The van der Waals surface area contributed by atoms with Crippen LogP contribution in [-0.4, -0.2) is 83.5 Å². The number of alkyl halides is 1. The van der Waals surface area contributed by atoms with Crippen LogP contribution in [0.4, 0.5) is 0 Å². The predicted octanol–water partition coefficient (Wildman–Crippen LogP) is 6.86. The Bertz CT molecular complexity index is 3600. The Morgan fingerprint density at radius 1 is 0.524 bits per heavy atom. The number of ether oxygens (including phenoxy) is 3. The van der Waals surface area contributed by atoms with Gasteiger partial charge in [0, 0.05) is 46.6 Å². The summed E-state index contributed by atoms with van der Waals surface area (Å²) in [5, 5.41) is 36.2. The van der Waals surface area contributed by atoms with Crippen LogP contribution in [0.2, 0.25) is 0 Å². The highest BCUT2D eigenvalue weighted by Crippen LogP contribution is 2.23. The Morgan fingerprint density at radius 3 is 1.21 bits per heavy atom. The van der Waals surface area contributed by atoms with Gasteiger partial charge in [0.2, 0.25) is 17.3 Å². The summed E-state index contributed by atoms with van der Waals surface area (Å²) >= 11 is 3.13. The number of carbonyl (C=O) groups excluding carboxylic acids is 3. The lowest BCUT2D eigenvalue weighted by Crippen LogP contribution is -2.38. The van der Waals surface area contributed by atoms with Crippen LogP contribution in [0.25, 0.3) is 0 Å². The second kappa shape index (κ2) is 32.7. The van der Waals surface area contributed by atoms with Crippen molar-refractivity contribution in [3.63, 3.8) is 0 Å². The fourth-order valence-corrected chi connectivity index (χ4v) is 8.51. The zero-order chi connectivity index (χ0) is 61.5. The number of ketones is 3. The number of aliphatic hydroxyl groups is 1. The van der Waals surface area contributed by atoms with Crippen molar-refractivity contribution in [2.24, 2.45) is 0 Å². The summed E-state index contributed by atoms with van der Waals surface area (Å²) < 4.78 is 17.8. The first kappa shape index (κ1) is 67.8. The van der Waals surface area contributed by atoms with Gasteiger partial charge >= 0.3 is 17.1 Å². The maximum Gasteiger partial charge on any atom is 0.330 e. The van der Waals surface area contributed by atoms with Crippen LogP contribution in [0.5, 0.6) is 0 Å². The number of nitrogens with zero attached hydrogens (tertiary/aromatic N) is 5. The Labute approximate surface area is 481 Å². The lowest BCUT2D eigenvalue weighted by Gasteiger charge is -2.17. The van der Waals surface area contributed by atoms with Gasteiger partial charge in [-0.05, 0) is 123 Å². The summed E-state index contributed by atoms with van der Waals surface area (Å²) in [5.74, 6) is -2.37. The van der Waals surface area contributed by atoms with Crippen molar-refractivity contribution < 1.29 is 33.7 Å². The third-order valence-electron chi connectivity index (χ3n) is 11.7. The monoisotopic (exact) mass is 1190 g/mol. The minimum atomic E-state index is -0.779. The quantitative estimate of drug-likeness (QED) is 0.0296. The van der Waals surface area contributed by atoms with Gasteiger partial charge < -0.3 is 24.3 Å². The Morgan fingerprint density at radius 2 is 0.878 bits per heavy atom. The summed E-state index contributed by atoms with van der Waals surface area (Å²) in [6, 6.07) is 20.1. The number of aromatic nitrogens is 6. The maximum absolute atomic E-state index is 13.3. The largest absolute Gasteiger partial charge is 0.394 e. The SMILES string of the molecule is CCCOCBr.CCCOCn1c(C(=O)c2cc(C)cc(C#N)c2)c(C(C)C)c(=O)[nH]c1=O.Cc1cc(C#N)cc(C(=O)c2[nH]c(=O)[nH]c(=O)c2C(C)C)c1.Cc1cc(C#N)cc(C(=O)c2c(C(C)C)c(=O)[nH]c(=O)n2COCCO)c1. The normalized spacial score (nSPS) is 10.6. The van der Waals surface area contributed by atoms with Crippen molar-refractivity contribution in [2.45, 2.75) is 120 Å². The molecule has 0 fully saturated rings. The van der Waals surface area contributed by atoms with Crippen LogP contribution in [0, 0.1) is 54.8 Å². The molecular weight excluding hydrogens is 1120 g/mol. The van der Waals surface area contributed by atoms with Crippen molar-refractivity contribution in [1.29, 1.82) is 15.8 Å². The van der Waals surface area contributed by atoms with Gasteiger partial charge in [-0.3, -0.25) is 52.9 Å². The van der Waals surface area contributed by atoms with E-state index in [1.54, 1.807) is 98.7 Å². The standard InChI is InChI=1S/C20H23N3O4.C19H21N3O5.C16H15N3O3.C4H9BrO/c1-5-6-27-11-23-17(16(12(2)3)19(25)22-20(23)26)18(24)15-8-13(4)7-14(9-15)10-21;1-11(2)15-16(17(24)14-7-12(3)6-13(8-14)9-20)22(10-27-5-4-23)19(26)21-18(15)25;1-8(2)12-13(18-16(22)19-15(12)21)14(20)11-5-9(3)4-10(6-11)7-17;1-2-3-6-4-5/h7-9,12H,5-6,11H2,1-4H3,(H,22,25,26);6-8,11,23H,4-5,10H2,1-3H3,(H,21,25,26);4-6,8H,1-3H3,(H2,18,19,21,22);2-4H2,1H3. The van der Waals surface area contributed by atoms with Crippen LogP contribution in [0.15, 0.2) is 83.4 Å². The molecule has 3 aromatic heterocycles. The van der Waals surface area contributed by atoms with Gasteiger partial charge in [0.15, 0.2) is 0 Å². The van der Waals surface area contributed by atoms with E-state index in [1.165, 1.54) is 18.2 Å². The molecule has 3 heterocycles. The second-order valence-electron chi connectivity index (χ2n) is 19.5. The fourth-order valence-electron chi connectivity index (χ4n) is 8.28. The first-order valence-electron chi connectivity index (χ1n) is 26.0. The molecule has 3 aromatic carbocycles. The number of halogens is 1. The summed E-state index contributed by atoms with van der Waals surface area (Å²) in [4.78, 5) is 121. The zero-order valence-electron chi connectivity index (χ0n) is 47.8. The van der Waals surface area contributed by atoms with Crippen LogP contribution < -0.4 is 33.7 Å². The van der Waals surface area contributed by atoms with E-state index in [1.807, 2.05) is 25.1 Å². The Balaban J connectivity index is 0.000000308. The van der Waals surface area contributed by atoms with Crippen molar-refractivity contribution in [1.82, 2.24) is 29.1 Å². The third kappa shape index (κ3) is 18.5. The number of hydrogen-bond acceptors (Lipinski definition) is 16. The summed E-state index contributed by atoms with van der Waals surface area (Å²) in [5.41, 5.74) is 1.08. The molecule has 434 valence electrons. The van der Waals surface area contributed by atoms with E-state index in [0.29, 0.717) is 34.4 Å². The van der Waals surface area contributed by atoms with Gasteiger partial charge in [0.05, 0.1) is 53.8 Å². The highest BCUT2D eigenvalue weighted by atomic mass is 79.9. The average Bonchev–Trinajstić information content (AvgIpc) is 3.57. The predicted molar refractivity (Wildman–Crippen MR) is 310 cm³/mol. The first-order valence-corrected chi connectivity index (χ1v) is 27.2. The van der Waals surface area contributed by atoms with Gasteiger partial charge in [-0.1, -0.05) is 71.3 Å². The number of nitrogens with one attached hydrogen (secondary N) is 4. The van der Waals surface area contributed by atoms with E-state index in [-0.39, 0.29) is 94.9 Å². The summed E-state index contributed by atoms with van der Waals surface area (Å²) in [6.07, 6.45) is 1.85. The maximum atomic E-state index is 13.3. The van der Waals surface area contributed by atoms with Gasteiger partial charge in [0.1, 0.15) is 30.4 Å². The highest BCUT2D eigenvalue weighted by molar-refractivity contribution is 9.09. The molecule has 22 nitrogen and oxygen atoms in total. The van der Waals surface area contributed by atoms with Gasteiger partial charge in [-0.15, -0.1) is 0 Å². The van der Waals surface area contributed by atoms with Crippen LogP contribution in [0.1, 0.15) is 184 Å². The smallest absolute Gasteiger partial charge is 0.330 e. The highest BCUT2D eigenvalue weighted by Gasteiger charge is 2.27. The molecule has 0 aliphatic heterocycles. The Kier molecular flexibility index (Phi) is 27.0. The van der Waals surface area contributed by atoms with Crippen LogP contribution >= 0.6 is 15.9 Å². The van der Waals surface area contributed by atoms with E-state index in [0.717, 1.165) is 39.7 Å². The molecule has 82 heavy (non-hydrogen) atoms. The number of benzene rings is 3. The molecule has 0 spiro atoms. The molecule has 0 saturated carbocycles. The van der Waals surface area contributed by atoms with Gasteiger partial charge in [0.25, 0.3) is 16.7 Å². The van der Waals surface area contributed by atoms with Crippen molar-refractivity contribution >= 4 is 33.3 Å². The first-order chi connectivity index (χ1) is 38.8. The van der Waals surface area contributed by atoms with E-state index >= 15 is 0 Å². The van der Waals surface area contributed by atoms with E-state index in [2.05, 4.69) is 42.8 Å². The van der Waals surface area contributed by atoms with Gasteiger partial charge in [-0.2, -0.15) is 15.8 Å². The molecule has 0 unspecified atom stereocenters.